The van der Waals surface area contributed by atoms with Gasteiger partial charge in [0.05, 0.1) is 6.04 Å². The summed E-state index contributed by atoms with van der Waals surface area (Å²) in [5.41, 5.74) is 6.03. The van der Waals surface area contributed by atoms with Gasteiger partial charge in [0.2, 0.25) is 5.89 Å². The molecule has 0 aromatic carbocycles. The third kappa shape index (κ3) is 2.90. The summed E-state index contributed by atoms with van der Waals surface area (Å²) in [5.74, 6) is 1.60. The average molecular weight is 234 g/mol. The monoisotopic (exact) mass is 233 g/mol. The predicted molar refractivity (Wildman–Crippen MR) is 56.8 cm³/mol. The molecule has 0 spiro atoms. The van der Waals surface area contributed by atoms with Crippen molar-refractivity contribution in [3.63, 3.8) is 0 Å². The van der Waals surface area contributed by atoms with Gasteiger partial charge in [-0.05, 0) is 25.7 Å². The zero-order valence-corrected chi connectivity index (χ0v) is 9.50. The second kappa shape index (κ2) is 5.44. The molecule has 1 saturated heterocycles. The Balaban J connectivity index is 0.00000112. The van der Waals surface area contributed by atoms with Gasteiger partial charge >= 0.3 is 0 Å². The number of hydrogen-bond donors (Lipinski definition) is 1. The van der Waals surface area contributed by atoms with Crippen LogP contribution in [0.25, 0.3) is 0 Å². The van der Waals surface area contributed by atoms with Crippen LogP contribution in [-0.2, 0) is 4.74 Å². The largest absolute Gasteiger partial charge is 0.381 e. The van der Waals surface area contributed by atoms with E-state index < -0.39 is 0 Å². The average Bonchev–Trinajstić information content (AvgIpc) is 2.65. The number of hydrogen-bond acceptors (Lipinski definition) is 5. The number of halogens is 1. The fourth-order valence-electron chi connectivity index (χ4n) is 1.73. The fourth-order valence-corrected chi connectivity index (χ4v) is 1.73. The molecule has 0 saturated carbocycles. The summed E-state index contributed by atoms with van der Waals surface area (Å²) < 4.78 is 10.3. The number of rotatable bonds is 2. The standard InChI is InChI=1S/C9H15N3O2.ClH/c1-6-11-9(14-12-6)8(10)7-2-4-13-5-3-7;/h7-8H,2-5,10H2,1H3;1H. The summed E-state index contributed by atoms with van der Waals surface area (Å²) >= 11 is 0. The van der Waals surface area contributed by atoms with E-state index in [1.54, 1.807) is 6.92 Å². The molecule has 1 aromatic heterocycles. The van der Waals surface area contributed by atoms with Crippen LogP contribution < -0.4 is 5.73 Å². The van der Waals surface area contributed by atoms with Gasteiger partial charge < -0.3 is 15.0 Å². The van der Waals surface area contributed by atoms with Crippen molar-refractivity contribution in [1.82, 2.24) is 10.1 Å². The van der Waals surface area contributed by atoms with Crippen LogP contribution in [0.15, 0.2) is 4.52 Å². The molecule has 6 heteroatoms. The van der Waals surface area contributed by atoms with Crippen molar-refractivity contribution in [2.75, 3.05) is 13.2 Å². The molecule has 0 bridgehead atoms. The second-order valence-electron chi connectivity index (χ2n) is 3.66. The summed E-state index contributed by atoms with van der Waals surface area (Å²) in [7, 11) is 0. The molecule has 2 N–H and O–H groups in total. The Morgan fingerprint density at radius 2 is 2.07 bits per heavy atom. The first kappa shape index (κ1) is 12.4. The molecule has 86 valence electrons. The lowest BCUT2D eigenvalue weighted by Gasteiger charge is -2.25. The van der Waals surface area contributed by atoms with E-state index in [0.717, 1.165) is 26.1 Å². The van der Waals surface area contributed by atoms with Gasteiger partial charge in [0.1, 0.15) is 0 Å². The Morgan fingerprint density at radius 1 is 1.40 bits per heavy atom. The molecule has 1 aliphatic rings. The van der Waals surface area contributed by atoms with Crippen LogP contribution >= 0.6 is 12.4 Å². The zero-order valence-electron chi connectivity index (χ0n) is 8.68. The van der Waals surface area contributed by atoms with Gasteiger partial charge in [0.25, 0.3) is 0 Å². The second-order valence-corrected chi connectivity index (χ2v) is 3.66. The third-order valence-electron chi connectivity index (χ3n) is 2.60. The number of aromatic nitrogens is 2. The van der Waals surface area contributed by atoms with E-state index in [4.69, 9.17) is 15.0 Å². The molecule has 0 radical (unpaired) electrons. The molecule has 1 unspecified atom stereocenters. The van der Waals surface area contributed by atoms with Gasteiger partial charge in [-0.1, -0.05) is 5.16 Å². The van der Waals surface area contributed by atoms with E-state index in [1.807, 2.05) is 0 Å². The highest BCUT2D eigenvalue weighted by molar-refractivity contribution is 5.85. The molecule has 0 amide bonds. The van der Waals surface area contributed by atoms with E-state index >= 15 is 0 Å². The maximum absolute atomic E-state index is 6.03. The summed E-state index contributed by atoms with van der Waals surface area (Å²) in [4.78, 5) is 4.14. The lowest BCUT2D eigenvalue weighted by atomic mass is 9.92. The molecule has 2 rings (SSSR count). The first-order valence-corrected chi connectivity index (χ1v) is 4.91. The Hall–Kier alpha value is -0.650. The molecule has 1 aromatic rings. The summed E-state index contributed by atoms with van der Waals surface area (Å²) in [6.45, 7) is 3.36. The number of nitrogens with two attached hydrogens (primary N) is 1. The molecule has 5 nitrogen and oxygen atoms in total. The minimum absolute atomic E-state index is 0. The van der Waals surface area contributed by atoms with E-state index in [9.17, 15) is 0 Å². The van der Waals surface area contributed by atoms with Crippen LogP contribution in [0, 0.1) is 12.8 Å². The lowest BCUT2D eigenvalue weighted by Crippen LogP contribution is -2.27. The molecular weight excluding hydrogens is 218 g/mol. The Bertz CT molecular complexity index is 299. The molecule has 15 heavy (non-hydrogen) atoms. The summed E-state index contributed by atoms with van der Waals surface area (Å²) in [5, 5.41) is 3.74. The van der Waals surface area contributed by atoms with Gasteiger partial charge in [-0.15, -0.1) is 12.4 Å². The molecule has 1 fully saturated rings. The normalized spacial score (nSPS) is 19.6. The molecule has 2 heterocycles. The van der Waals surface area contributed by atoms with Crippen LogP contribution in [-0.4, -0.2) is 23.4 Å². The van der Waals surface area contributed by atoms with E-state index in [2.05, 4.69) is 10.1 Å². The van der Waals surface area contributed by atoms with E-state index in [1.165, 1.54) is 0 Å². The summed E-state index contributed by atoms with van der Waals surface area (Å²) in [6, 6.07) is -0.139. The first-order chi connectivity index (χ1) is 6.77. The van der Waals surface area contributed by atoms with Gasteiger partial charge in [-0.2, -0.15) is 4.98 Å². The van der Waals surface area contributed by atoms with E-state index in [-0.39, 0.29) is 18.4 Å². The van der Waals surface area contributed by atoms with Crippen molar-refractivity contribution in [2.24, 2.45) is 11.7 Å². The number of ether oxygens (including phenoxy) is 1. The van der Waals surface area contributed by atoms with Crippen molar-refractivity contribution < 1.29 is 9.26 Å². The van der Waals surface area contributed by atoms with Crippen LogP contribution in [0.2, 0.25) is 0 Å². The van der Waals surface area contributed by atoms with Crippen molar-refractivity contribution in [2.45, 2.75) is 25.8 Å². The van der Waals surface area contributed by atoms with Gasteiger partial charge in [0.15, 0.2) is 5.82 Å². The Labute approximate surface area is 94.8 Å². The van der Waals surface area contributed by atoms with Crippen LogP contribution in [0.1, 0.15) is 30.6 Å². The Kier molecular flexibility index (Phi) is 4.50. The lowest BCUT2D eigenvalue weighted by molar-refractivity contribution is 0.0546. The van der Waals surface area contributed by atoms with Crippen molar-refractivity contribution in [3.05, 3.63) is 11.7 Å². The number of aryl methyl sites for hydroxylation is 1. The third-order valence-corrected chi connectivity index (χ3v) is 2.60. The van der Waals surface area contributed by atoms with Crippen molar-refractivity contribution in [1.29, 1.82) is 0 Å². The van der Waals surface area contributed by atoms with Gasteiger partial charge in [0, 0.05) is 13.2 Å². The van der Waals surface area contributed by atoms with E-state index in [0.29, 0.717) is 17.6 Å². The maximum atomic E-state index is 6.03. The minimum Gasteiger partial charge on any atom is -0.381 e. The number of nitrogens with zero attached hydrogens (tertiary/aromatic N) is 2. The quantitative estimate of drug-likeness (QED) is 0.832. The first-order valence-electron chi connectivity index (χ1n) is 4.91. The van der Waals surface area contributed by atoms with Crippen molar-refractivity contribution >= 4 is 12.4 Å². The van der Waals surface area contributed by atoms with Gasteiger partial charge in [-0.25, -0.2) is 0 Å². The summed E-state index contributed by atoms with van der Waals surface area (Å²) in [6.07, 6.45) is 1.95. The van der Waals surface area contributed by atoms with Crippen molar-refractivity contribution in [3.8, 4) is 0 Å². The van der Waals surface area contributed by atoms with Crippen LogP contribution in [0.3, 0.4) is 0 Å². The fraction of sp³-hybridized carbons (Fsp3) is 0.778. The van der Waals surface area contributed by atoms with Crippen LogP contribution in [0.5, 0.6) is 0 Å². The SMILES string of the molecule is Cc1noc(C(N)C2CCOCC2)n1.Cl. The van der Waals surface area contributed by atoms with Gasteiger partial charge in [-0.3, -0.25) is 0 Å². The highest BCUT2D eigenvalue weighted by Gasteiger charge is 2.26. The zero-order chi connectivity index (χ0) is 9.97. The predicted octanol–water partition coefficient (Wildman–Crippen LogP) is 1.23. The minimum atomic E-state index is -0.139. The molecule has 1 atom stereocenters. The topological polar surface area (TPSA) is 74.2 Å². The smallest absolute Gasteiger partial charge is 0.243 e. The molecule has 1 aliphatic heterocycles. The maximum Gasteiger partial charge on any atom is 0.243 e. The Morgan fingerprint density at radius 3 is 2.60 bits per heavy atom. The molecular formula is C9H16ClN3O2. The van der Waals surface area contributed by atoms with Crippen LogP contribution in [0.4, 0.5) is 0 Å². The highest BCUT2D eigenvalue weighted by Crippen LogP contribution is 2.26. The highest BCUT2D eigenvalue weighted by atomic mass is 35.5. The molecule has 0 aliphatic carbocycles.